The number of carbonyl (C=O) groups excluding carboxylic acids is 1. The van der Waals surface area contributed by atoms with E-state index in [0.29, 0.717) is 23.5 Å². The van der Waals surface area contributed by atoms with E-state index in [1.165, 1.54) is 6.07 Å². The third-order valence-corrected chi connectivity index (χ3v) is 5.13. The summed E-state index contributed by atoms with van der Waals surface area (Å²) in [7, 11) is 0. The first-order valence-electron chi connectivity index (χ1n) is 10.2. The van der Waals surface area contributed by atoms with Gasteiger partial charge in [0.2, 0.25) is 0 Å². The van der Waals surface area contributed by atoms with E-state index >= 15 is 0 Å². The van der Waals surface area contributed by atoms with E-state index in [9.17, 15) is 9.18 Å². The third kappa shape index (κ3) is 4.75. The van der Waals surface area contributed by atoms with Crippen molar-refractivity contribution in [3.05, 3.63) is 72.2 Å². The van der Waals surface area contributed by atoms with Crippen LogP contribution in [0, 0.1) is 5.82 Å². The lowest BCUT2D eigenvalue weighted by atomic mass is 10.1. The van der Waals surface area contributed by atoms with Crippen LogP contribution in [0.4, 0.5) is 4.39 Å². The molecule has 7 heteroatoms. The van der Waals surface area contributed by atoms with Gasteiger partial charge < -0.3 is 10.1 Å². The summed E-state index contributed by atoms with van der Waals surface area (Å²) in [4.78, 5) is 15.3. The van der Waals surface area contributed by atoms with Gasteiger partial charge in [0.15, 0.2) is 0 Å². The zero-order valence-electron chi connectivity index (χ0n) is 16.8. The van der Waals surface area contributed by atoms with Crippen LogP contribution in [0.2, 0.25) is 0 Å². The molecule has 1 amide bonds. The number of aromatic nitrogens is 2. The van der Waals surface area contributed by atoms with Crippen molar-refractivity contribution in [3.8, 4) is 16.9 Å². The number of nitrogens with one attached hydrogen (secondary N) is 1. The smallest absolute Gasteiger partial charge is 0.270 e. The Bertz CT molecular complexity index is 984. The molecule has 4 rings (SSSR count). The van der Waals surface area contributed by atoms with E-state index < -0.39 is 0 Å². The van der Waals surface area contributed by atoms with Crippen molar-refractivity contribution in [2.24, 2.45) is 0 Å². The number of rotatable bonds is 7. The zero-order chi connectivity index (χ0) is 20.8. The molecule has 0 atom stereocenters. The number of morpholine rings is 1. The summed E-state index contributed by atoms with van der Waals surface area (Å²) in [5.41, 5.74) is 1.92. The molecule has 2 heterocycles. The first kappa shape index (κ1) is 20.3. The Hall–Kier alpha value is -3.03. The van der Waals surface area contributed by atoms with Crippen molar-refractivity contribution >= 4 is 5.91 Å². The predicted molar refractivity (Wildman–Crippen MR) is 113 cm³/mol. The molecule has 3 aromatic rings. The molecular weight excluding hydrogens is 383 g/mol. The molecule has 1 saturated heterocycles. The molecule has 1 N–H and O–H groups in total. The lowest BCUT2D eigenvalue weighted by Crippen LogP contribution is -2.38. The standard InChI is InChI=1S/C23H25FN4O2/c24-20-10-5-4-9-19(20)21-17-22(28(26-21)18-7-2-1-3-8-18)23(29)25-11-6-12-27-13-15-30-16-14-27/h1-5,7-10,17H,6,11-16H2,(H,25,29). The number of halogens is 1. The summed E-state index contributed by atoms with van der Waals surface area (Å²) < 4.78 is 21.2. The van der Waals surface area contributed by atoms with Crippen LogP contribution in [0.5, 0.6) is 0 Å². The molecule has 0 spiro atoms. The van der Waals surface area contributed by atoms with Gasteiger partial charge in [-0.05, 0) is 43.3 Å². The first-order chi connectivity index (χ1) is 14.7. The van der Waals surface area contributed by atoms with Gasteiger partial charge in [0, 0.05) is 25.2 Å². The fourth-order valence-corrected chi connectivity index (χ4v) is 3.53. The monoisotopic (exact) mass is 408 g/mol. The number of hydrogen-bond acceptors (Lipinski definition) is 4. The van der Waals surface area contributed by atoms with Gasteiger partial charge in [-0.15, -0.1) is 0 Å². The van der Waals surface area contributed by atoms with Gasteiger partial charge in [-0.3, -0.25) is 9.69 Å². The van der Waals surface area contributed by atoms with Crippen LogP contribution >= 0.6 is 0 Å². The Morgan fingerprint density at radius 3 is 2.57 bits per heavy atom. The SMILES string of the molecule is O=C(NCCCN1CCOCC1)c1cc(-c2ccccc2F)nn1-c1ccccc1. The molecule has 0 radical (unpaired) electrons. The molecule has 0 bridgehead atoms. The summed E-state index contributed by atoms with van der Waals surface area (Å²) in [6, 6.07) is 17.5. The Balaban J connectivity index is 1.50. The molecule has 1 aliphatic rings. The lowest BCUT2D eigenvalue weighted by molar-refractivity contribution is 0.0374. The second-order valence-corrected chi connectivity index (χ2v) is 7.21. The fraction of sp³-hybridized carbons (Fsp3) is 0.304. The minimum Gasteiger partial charge on any atom is -0.379 e. The van der Waals surface area contributed by atoms with Gasteiger partial charge in [0.25, 0.3) is 5.91 Å². The van der Waals surface area contributed by atoms with Crippen LogP contribution in [0.3, 0.4) is 0 Å². The van der Waals surface area contributed by atoms with E-state index in [0.717, 1.165) is 45.0 Å². The number of nitrogens with zero attached hydrogens (tertiary/aromatic N) is 3. The predicted octanol–water partition coefficient (Wildman–Crippen LogP) is 3.13. The van der Waals surface area contributed by atoms with Gasteiger partial charge in [0.1, 0.15) is 11.5 Å². The number of benzene rings is 2. The second kappa shape index (κ2) is 9.65. The quantitative estimate of drug-likeness (QED) is 0.611. The minimum absolute atomic E-state index is 0.226. The molecule has 2 aromatic carbocycles. The molecule has 1 fully saturated rings. The largest absolute Gasteiger partial charge is 0.379 e. The van der Waals surface area contributed by atoms with Crippen LogP contribution < -0.4 is 5.32 Å². The fourth-order valence-electron chi connectivity index (χ4n) is 3.53. The molecular formula is C23H25FN4O2. The third-order valence-electron chi connectivity index (χ3n) is 5.13. The summed E-state index contributed by atoms with van der Waals surface area (Å²) in [5.74, 6) is -0.594. The van der Waals surface area contributed by atoms with E-state index in [1.54, 1.807) is 28.9 Å². The number of hydrogen-bond donors (Lipinski definition) is 1. The maximum atomic E-state index is 14.3. The highest BCUT2D eigenvalue weighted by Crippen LogP contribution is 2.24. The van der Waals surface area contributed by atoms with Crippen LogP contribution in [0.1, 0.15) is 16.9 Å². The van der Waals surface area contributed by atoms with Crippen molar-refractivity contribution in [3.63, 3.8) is 0 Å². The van der Waals surface area contributed by atoms with Crippen molar-refractivity contribution in [1.82, 2.24) is 20.0 Å². The minimum atomic E-state index is -0.368. The molecule has 0 aliphatic carbocycles. The van der Waals surface area contributed by atoms with Crippen LogP contribution in [0.25, 0.3) is 16.9 Å². The highest BCUT2D eigenvalue weighted by molar-refractivity contribution is 5.94. The van der Waals surface area contributed by atoms with Crippen LogP contribution in [-0.2, 0) is 4.74 Å². The molecule has 1 aliphatic heterocycles. The topological polar surface area (TPSA) is 59.4 Å². The lowest BCUT2D eigenvalue weighted by Gasteiger charge is -2.26. The highest BCUT2D eigenvalue weighted by Gasteiger charge is 2.19. The van der Waals surface area contributed by atoms with Crippen molar-refractivity contribution < 1.29 is 13.9 Å². The average molecular weight is 408 g/mol. The normalized spacial score (nSPS) is 14.6. The van der Waals surface area contributed by atoms with Crippen molar-refractivity contribution in [2.45, 2.75) is 6.42 Å². The van der Waals surface area contributed by atoms with E-state index in [2.05, 4.69) is 15.3 Å². The summed E-state index contributed by atoms with van der Waals surface area (Å²) in [6.07, 6.45) is 0.853. The van der Waals surface area contributed by atoms with E-state index in [4.69, 9.17) is 4.74 Å². The van der Waals surface area contributed by atoms with E-state index in [1.807, 2.05) is 30.3 Å². The molecule has 1 aromatic heterocycles. The zero-order valence-corrected chi connectivity index (χ0v) is 16.8. The number of carbonyl (C=O) groups is 1. The van der Waals surface area contributed by atoms with Gasteiger partial charge in [0.05, 0.1) is 24.6 Å². The van der Waals surface area contributed by atoms with Gasteiger partial charge in [-0.1, -0.05) is 30.3 Å². The van der Waals surface area contributed by atoms with Gasteiger partial charge >= 0.3 is 0 Å². The first-order valence-corrected chi connectivity index (χ1v) is 10.2. The maximum Gasteiger partial charge on any atom is 0.270 e. The van der Waals surface area contributed by atoms with Crippen LogP contribution in [0.15, 0.2) is 60.7 Å². The average Bonchev–Trinajstić information content (AvgIpc) is 3.24. The Morgan fingerprint density at radius 1 is 1.07 bits per heavy atom. The summed E-state index contributed by atoms with van der Waals surface area (Å²) in [6.45, 7) is 4.87. The van der Waals surface area contributed by atoms with Gasteiger partial charge in [-0.2, -0.15) is 5.10 Å². The Kier molecular flexibility index (Phi) is 6.51. The summed E-state index contributed by atoms with van der Waals surface area (Å²) >= 11 is 0. The Labute approximate surface area is 175 Å². The van der Waals surface area contributed by atoms with Crippen LogP contribution in [-0.4, -0.2) is 60.0 Å². The maximum absolute atomic E-state index is 14.3. The number of para-hydroxylation sites is 1. The number of ether oxygens (including phenoxy) is 1. The van der Waals surface area contributed by atoms with E-state index in [-0.39, 0.29) is 11.7 Å². The molecule has 6 nitrogen and oxygen atoms in total. The number of amides is 1. The Morgan fingerprint density at radius 2 is 1.80 bits per heavy atom. The highest BCUT2D eigenvalue weighted by atomic mass is 19.1. The molecule has 156 valence electrons. The van der Waals surface area contributed by atoms with Crippen molar-refractivity contribution in [2.75, 3.05) is 39.4 Å². The van der Waals surface area contributed by atoms with Crippen molar-refractivity contribution in [1.29, 1.82) is 0 Å². The second-order valence-electron chi connectivity index (χ2n) is 7.21. The molecule has 0 unspecified atom stereocenters. The molecule has 30 heavy (non-hydrogen) atoms. The molecule has 0 saturated carbocycles. The van der Waals surface area contributed by atoms with Gasteiger partial charge in [-0.25, -0.2) is 9.07 Å². The summed E-state index contributed by atoms with van der Waals surface area (Å²) in [5, 5.41) is 7.50.